The largest absolute Gasteiger partial charge is 0.357 e. The monoisotopic (exact) mass is 199 g/mol. The van der Waals surface area contributed by atoms with Gasteiger partial charge < -0.3 is 10.6 Å². The van der Waals surface area contributed by atoms with Crippen molar-refractivity contribution in [1.29, 1.82) is 0 Å². The highest BCUT2D eigenvalue weighted by atomic mass is 33.1. The number of nitrogens with zero attached hydrogens (tertiary/aromatic N) is 1. The van der Waals surface area contributed by atoms with E-state index in [9.17, 15) is 10.1 Å². The maximum absolute atomic E-state index is 9.65. The van der Waals surface area contributed by atoms with Gasteiger partial charge in [-0.2, -0.15) is 0 Å². The van der Waals surface area contributed by atoms with Crippen LogP contribution in [0, 0.1) is 10.1 Å². The fraction of sp³-hybridized carbons (Fsp3) is 1.00. The first-order chi connectivity index (χ1) is 5.27. The number of rotatable bonds is 7. The topological polar surface area (TPSA) is 80.0 Å². The molecule has 0 amide bonds. The van der Waals surface area contributed by atoms with Crippen LogP contribution in [0.5, 0.6) is 0 Å². The molecule has 0 aliphatic rings. The van der Waals surface area contributed by atoms with Gasteiger partial charge in [-0.25, -0.2) is 0 Å². The zero-order chi connectivity index (χ0) is 8.53. The van der Waals surface area contributed by atoms with E-state index in [1.807, 2.05) is 0 Å². The van der Waals surface area contributed by atoms with Gasteiger partial charge in [0.05, 0.1) is 12.3 Å². The van der Waals surface area contributed by atoms with Crippen LogP contribution in [-0.2, 0) is 4.84 Å². The average Bonchev–Trinajstić information content (AvgIpc) is 1.96. The molecule has 0 aliphatic heterocycles. The predicted octanol–water partition coefficient (Wildman–Crippen LogP) is -0.182. The Balaban J connectivity index is 2.85. The highest BCUT2D eigenvalue weighted by molar-refractivity contribution is 8.76. The lowest BCUT2D eigenvalue weighted by Crippen LogP contribution is -2.51. The molecule has 0 rings (SSSR count). The van der Waals surface area contributed by atoms with Crippen LogP contribution in [0.15, 0.2) is 0 Å². The van der Waals surface area contributed by atoms with E-state index < -0.39 is 5.09 Å². The Labute approximate surface area is 72.5 Å². The van der Waals surface area contributed by atoms with Gasteiger partial charge in [0.25, 0.3) is 5.09 Å². The molecule has 0 bridgehead atoms. The third kappa shape index (κ3) is 9.86. The first-order valence-electron chi connectivity index (χ1n) is 3.08. The van der Waals surface area contributed by atoms with Crippen LogP contribution in [0.1, 0.15) is 0 Å². The Bertz CT molecular complexity index is 114. The summed E-state index contributed by atoms with van der Waals surface area (Å²) in [7, 11) is 3.22. The zero-order valence-electron chi connectivity index (χ0n) is 6.02. The van der Waals surface area contributed by atoms with E-state index in [1.165, 1.54) is 0 Å². The molecular weight excluding hydrogens is 188 g/mol. The van der Waals surface area contributed by atoms with Gasteiger partial charge in [-0.05, 0) is 0 Å². The lowest BCUT2D eigenvalue weighted by molar-refractivity contribution is -0.756. The molecule has 0 saturated carbocycles. The van der Waals surface area contributed by atoms with Crippen LogP contribution in [0.25, 0.3) is 0 Å². The number of quaternary nitrogens is 1. The highest BCUT2D eigenvalue weighted by Crippen LogP contribution is 2.19. The Morgan fingerprint density at radius 2 is 2.09 bits per heavy atom. The first kappa shape index (κ1) is 10.9. The van der Waals surface area contributed by atoms with E-state index >= 15 is 0 Å². The van der Waals surface area contributed by atoms with Crippen molar-refractivity contribution >= 4 is 21.6 Å². The molecule has 0 aromatic carbocycles. The summed E-state index contributed by atoms with van der Waals surface area (Å²) < 4.78 is 0. The van der Waals surface area contributed by atoms with Gasteiger partial charge in [-0.15, -0.1) is 10.1 Å². The minimum absolute atomic E-state index is 0.168. The van der Waals surface area contributed by atoms with Crippen molar-refractivity contribution < 1.29 is 15.7 Å². The molecule has 0 saturated heterocycles. The maximum Gasteiger partial charge on any atom is 0.294 e. The summed E-state index contributed by atoms with van der Waals surface area (Å²) in [5.74, 6) is 1.62. The Morgan fingerprint density at radius 3 is 2.64 bits per heavy atom. The predicted molar refractivity (Wildman–Crippen MR) is 45.6 cm³/mol. The highest BCUT2D eigenvalue weighted by Gasteiger charge is 1.94. The van der Waals surface area contributed by atoms with Crippen molar-refractivity contribution in [3.8, 4) is 0 Å². The first-order valence-corrected chi connectivity index (χ1v) is 5.57. The second-order valence-electron chi connectivity index (χ2n) is 1.55. The molecule has 0 aromatic heterocycles. The van der Waals surface area contributed by atoms with Crippen molar-refractivity contribution in [2.45, 2.75) is 0 Å². The van der Waals surface area contributed by atoms with Gasteiger partial charge in [0.2, 0.25) is 0 Å². The number of hydrogen-bond acceptors (Lipinski definition) is 5. The lowest BCUT2D eigenvalue weighted by atomic mass is 10.8. The Hall–Kier alpha value is -0.140. The maximum atomic E-state index is 9.65. The van der Waals surface area contributed by atoms with E-state index in [0.717, 1.165) is 12.3 Å². The van der Waals surface area contributed by atoms with Crippen LogP contribution >= 0.6 is 21.6 Å². The van der Waals surface area contributed by atoms with Gasteiger partial charge in [-0.1, -0.05) is 21.6 Å². The third-order valence-electron chi connectivity index (χ3n) is 0.674. The summed E-state index contributed by atoms with van der Waals surface area (Å²) in [6, 6.07) is 0. The minimum atomic E-state index is -0.771. The normalized spacial score (nSPS) is 9.55. The molecule has 0 aromatic rings. The Kier molecular flexibility index (Phi) is 7.86. The van der Waals surface area contributed by atoms with Gasteiger partial charge in [0.15, 0.2) is 0 Å². The molecule has 0 spiro atoms. The summed E-state index contributed by atoms with van der Waals surface area (Å²) in [5.41, 5.74) is 3.66. The molecule has 0 atom stereocenters. The van der Waals surface area contributed by atoms with Crippen molar-refractivity contribution in [3.05, 3.63) is 10.1 Å². The van der Waals surface area contributed by atoms with Crippen LogP contribution in [0.3, 0.4) is 0 Å². The fourth-order valence-corrected chi connectivity index (χ4v) is 2.08. The molecule has 0 unspecified atom stereocenters. The Morgan fingerprint density at radius 1 is 1.45 bits per heavy atom. The molecule has 0 radical (unpaired) electrons. The van der Waals surface area contributed by atoms with Crippen LogP contribution < -0.4 is 5.73 Å². The molecule has 7 heteroatoms. The van der Waals surface area contributed by atoms with Gasteiger partial charge in [-0.3, -0.25) is 0 Å². The van der Waals surface area contributed by atoms with Gasteiger partial charge in [0, 0.05) is 5.75 Å². The van der Waals surface area contributed by atoms with Crippen molar-refractivity contribution in [2.24, 2.45) is 0 Å². The van der Waals surface area contributed by atoms with E-state index in [4.69, 9.17) is 0 Å². The zero-order valence-corrected chi connectivity index (χ0v) is 7.66. The minimum Gasteiger partial charge on any atom is -0.357 e. The molecule has 5 nitrogen and oxygen atoms in total. The summed E-state index contributed by atoms with van der Waals surface area (Å²) in [6.45, 7) is 1.05. The molecule has 0 aliphatic carbocycles. The smallest absolute Gasteiger partial charge is 0.294 e. The van der Waals surface area contributed by atoms with E-state index in [2.05, 4.69) is 10.6 Å². The quantitative estimate of drug-likeness (QED) is 0.266. The molecule has 0 heterocycles. The summed E-state index contributed by atoms with van der Waals surface area (Å²) >= 11 is 0. The van der Waals surface area contributed by atoms with Crippen molar-refractivity contribution in [2.75, 3.05) is 24.7 Å². The molecule has 3 N–H and O–H groups in total. The van der Waals surface area contributed by atoms with Crippen molar-refractivity contribution in [3.63, 3.8) is 0 Å². The third-order valence-corrected chi connectivity index (χ3v) is 3.13. The summed E-state index contributed by atoms with van der Waals surface area (Å²) in [6.07, 6.45) is 0. The van der Waals surface area contributed by atoms with E-state index in [-0.39, 0.29) is 6.61 Å². The van der Waals surface area contributed by atoms with Crippen LogP contribution in [0.2, 0.25) is 0 Å². The summed E-state index contributed by atoms with van der Waals surface area (Å²) in [4.78, 5) is 13.7. The second kappa shape index (κ2) is 7.96. The fourth-order valence-electron chi connectivity index (χ4n) is 0.323. The summed E-state index contributed by atoms with van der Waals surface area (Å²) in [5, 5.41) is 8.87. The molecule has 66 valence electrons. The van der Waals surface area contributed by atoms with E-state index in [1.54, 1.807) is 21.6 Å². The van der Waals surface area contributed by atoms with Gasteiger partial charge >= 0.3 is 0 Å². The molecule has 0 fully saturated rings. The average molecular weight is 199 g/mol. The molecule has 11 heavy (non-hydrogen) atoms. The lowest BCUT2D eigenvalue weighted by Gasteiger charge is -1.96. The standard InChI is InChI=1S/C4H10N2O3S2/c5-1-3-10-11-4-2-9-6(7)8/h1-5H2/p+1. The molecular formula is C4H11N2O3S2+. The SMILES string of the molecule is [NH3+]CCSSCCO[N+](=O)[O-]. The van der Waals surface area contributed by atoms with E-state index in [0.29, 0.717) is 5.75 Å². The van der Waals surface area contributed by atoms with Crippen LogP contribution in [-0.4, -0.2) is 29.7 Å². The van der Waals surface area contributed by atoms with Crippen LogP contribution in [0.4, 0.5) is 0 Å². The number of hydrogen-bond donors (Lipinski definition) is 1. The van der Waals surface area contributed by atoms with Crippen molar-refractivity contribution in [1.82, 2.24) is 0 Å². The van der Waals surface area contributed by atoms with Gasteiger partial charge in [0.1, 0.15) is 6.61 Å². The second-order valence-corrected chi connectivity index (χ2v) is 4.26.